The number of aliphatic hydroxyl groups is 1. The van der Waals surface area contributed by atoms with Gasteiger partial charge in [-0.1, -0.05) is 13.8 Å². The fourth-order valence-corrected chi connectivity index (χ4v) is 4.12. The van der Waals surface area contributed by atoms with E-state index in [9.17, 15) is 9.90 Å². The van der Waals surface area contributed by atoms with Crippen LogP contribution in [0, 0.1) is 11.3 Å². The molecule has 0 aromatic carbocycles. The molecule has 0 spiro atoms. The molecule has 1 aliphatic carbocycles. The fraction of sp³-hybridized carbons (Fsp3) is 0.938. The quantitative estimate of drug-likeness (QED) is 0.816. The summed E-state index contributed by atoms with van der Waals surface area (Å²) in [4.78, 5) is 14.3. The first-order chi connectivity index (χ1) is 10.1. The third-order valence-corrected chi connectivity index (χ3v) is 5.75. The largest absolute Gasteiger partial charge is 0.396 e. The smallest absolute Gasteiger partial charge is 0.317 e. The van der Waals surface area contributed by atoms with Crippen LogP contribution < -0.4 is 5.32 Å². The second-order valence-corrected chi connectivity index (χ2v) is 6.54. The first kappa shape index (κ1) is 16.6. The molecule has 1 saturated heterocycles. The molecule has 2 amide bonds. The van der Waals surface area contributed by atoms with Crippen molar-refractivity contribution in [1.29, 1.82) is 0 Å². The summed E-state index contributed by atoms with van der Waals surface area (Å²) in [6, 6.07) is 0.235. The fourth-order valence-electron chi connectivity index (χ4n) is 4.12. The van der Waals surface area contributed by atoms with Crippen LogP contribution >= 0.6 is 0 Å². The molecule has 1 heterocycles. The molecule has 3 atom stereocenters. The van der Waals surface area contributed by atoms with Gasteiger partial charge in [-0.3, -0.25) is 0 Å². The minimum atomic E-state index is 0.0268. The zero-order valence-corrected chi connectivity index (χ0v) is 13.6. The highest BCUT2D eigenvalue weighted by Gasteiger charge is 2.53. The maximum Gasteiger partial charge on any atom is 0.317 e. The Morgan fingerprint density at radius 1 is 1.43 bits per heavy atom. The number of hydrogen-bond donors (Lipinski definition) is 2. The van der Waals surface area contributed by atoms with Gasteiger partial charge in [0.05, 0.1) is 6.10 Å². The number of ether oxygens (including phenoxy) is 1. The molecule has 122 valence electrons. The van der Waals surface area contributed by atoms with E-state index in [1.807, 2.05) is 4.90 Å². The van der Waals surface area contributed by atoms with E-state index in [0.29, 0.717) is 6.54 Å². The summed E-state index contributed by atoms with van der Waals surface area (Å²) in [7, 11) is 1.76. The van der Waals surface area contributed by atoms with Crippen LogP contribution in [0.5, 0.6) is 0 Å². The highest BCUT2D eigenvalue weighted by molar-refractivity contribution is 5.75. The molecular formula is C16H30N2O3. The van der Waals surface area contributed by atoms with E-state index in [1.54, 1.807) is 7.11 Å². The number of hydrogen-bond acceptors (Lipinski definition) is 3. The van der Waals surface area contributed by atoms with Crippen LogP contribution in [0.4, 0.5) is 4.79 Å². The SMILES string of the molecule is CCC1(CC)[C@@H](OC)C[C@H]1NC(=O)N1CCC[C@@H](CO)C1. The van der Waals surface area contributed by atoms with Gasteiger partial charge < -0.3 is 20.1 Å². The Hall–Kier alpha value is -0.810. The van der Waals surface area contributed by atoms with Crippen LogP contribution in [-0.2, 0) is 4.74 Å². The van der Waals surface area contributed by atoms with Crippen molar-refractivity contribution < 1.29 is 14.6 Å². The summed E-state index contributed by atoms with van der Waals surface area (Å²) in [5.41, 5.74) is 0.0799. The number of likely N-dealkylation sites (tertiary alicyclic amines) is 1. The van der Waals surface area contributed by atoms with Gasteiger partial charge in [-0.2, -0.15) is 0 Å². The molecule has 5 heteroatoms. The number of nitrogens with one attached hydrogen (secondary N) is 1. The molecule has 21 heavy (non-hydrogen) atoms. The predicted molar refractivity (Wildman–Crippen MR) is 82.1 cm³/mol. The monoisotopic (exact) mass is 298 g/mol. The molecule has 0 bridgehead atoms. The Kier molecular flexibility index (Phi) is 5.49. The van der Waals surface area contributed by atoms with Crippen molar-refractivity contribution in [1.82, 2.24) is 10.2 Å². The third-order valence-electron chi connectivity index (χ3n) is 5.75. The van der Waals surface area contributed by atoms with Gasteiger partial charge >= 0.3 is 6.03 Å². The number of methoxy groups -OCH3 is 1. The Bertz CT molecular complexity index is 357. The van der Waals surface area contributed by atoms with Crippen molar-refractivity contribution in [3.05, 3.63) is 0 Å². The minimum Gasteiger partial charge on any atom is -0.396 e. The Morgan fingerprint density at radius 3 is 2.71 bits per heavy atom. The molecule has 0 aromatic heterocycles. The topological polar surface area (TPSA) is 61.8 Å². The molecule has 2 rings (SSSR count). The van der Waals surface area contributed by atoms with Gasteiger partial charge in [0.2, 0.25) is 0 Å². The maximum absolute atomic E-state index is 12.5. The number of carbonyl (C=O) groups is 1. The lowest BCUT2D eigenvalue weighted by molar-refractivity contribution is -0.120. The molecule has 1 saturated carbocycles. The minimum absolute atomic E-state index is 0.0268. The molecule has 0 unspecified atom stereocenters. The molecule has 0 aromatic rings. The van der Waals surface area contributed by atoms with Crippen molar-refractivity contribution in [2.45, 2.75) is 58.1 Å². The van der Waals surface area contributed by atoms with E-state index >= 15 is 0 Å². The number of piperidine rings is 1. The Morgan fingerprint density at radius 2 is 2.14 bits per heavy atom. The van der Waals surface area contributed by atoms with Crippen molar-refractivity contribution in [2.24, 2.45) is 11.3 Å². The van der Waals surface area contributed by atoms with E-state index in [4.69, 9.17) is 4.74 Å². The predicted octanol–water partition coefficient (Wildman–Crippen LogP) is 1.99. The molecule has 5 nitrogen and oxygen atoms in total. The standard InChI is InChI=1S/C16H30N2O3/c1-4-16(5-2)13(9-14(16)21-3)17-15(20)18-8-6-7-12(10-18)11-19/h12-14,19H,4-11H2,1-3H3,(H,17,20)/t12-,13-,14+/m1/s1. The summed E-state index contributed by atoms with van der Waals surface area (Å²) in [6.07, 6.45) is 5.20. The zero-order valence-electron chi connectivity index (χ0n) is 13.6. The van der Waals surface area contributed by atoms with Crippen molar-refractivity contribution in [2.75, 3.05) is 26.8 Å². The van der Waals surface area contributed by atoms with Crippen LogP contribution in [0.3, 0.4) is 0 Å². The third kappa shape index (κ3) is 3.04. The number of aliphatic hydroxyl groups excluding tert-OH is 1. The average Bonchev–Trinajstić information content (AvgIpc) is 2.52. The van der Waals surface area contributed by atoms with Gasteiger partial charge in [0.25, 0.3) is 0 Å². The van der Waals surface area contributed by atoms with E-state index < -0.39 is 0 Å². The van der Waals surface area contributed by atoms with E-state index in [-0.39, 0.29) is 36.1 Å². The zero-order chi connectivity index (χ0) is 15.5. The van der Waals surface area contributed by atoms with Gasteiger partial charge in [0, 0.05) is 38.3 Å². The van der Waals surface area contributed by atoms with Crippen LogP contribution in [0.15, 0.2) is 0 Å². The van der Waals surface area contributed by atoms with E-state index in [2.05, 4.69) is 19.2 Å². The molecule has 0 radical (unpaired) electrons. The lowest BCUT2D eigenvalue weighted by Gasteiger charge is -2.55. The summed E-state index contributed by atoms with van der Waals surface area (Å²) in [5.74, 6) is 0.236. The number of urea groups is 1. The number of rotatable bonds is 5. The molecule has 2 N–H and O–H groups in total. The summed E-state index contributed by atoms with van der Waals surface area (Å²) < 4.78 is 5.58. The molecule has 2 aliphatic rings. The second-order valence-electron chi connectivity index (χ2n) is 6.54. The van der Waals surface area contributed by atoms with Crippen molar-refractivity contribution in [3.63, 3.8) is 0 Å². The van der Waals surface area contributed by atoms with Crippen molar-refractivity contribution >= 4 is 6.03 Å². The number of nitrogens with zero attached hydrogens (tertiary/aromatic N) is 1. The number of carbonyl (C=O) groups excluding carboxylic acids is 1. The second kappa shape index (κ2) is 6.97. The summed E-state index contributed by atoms with van der Waals surface area (Å²) in [5, 5.41) is 12.5. The van der Waals surface area contributed by atoms with Gasteiger partial charge in [0.1, 0.15) is 0 Å². The van der Waals surface area contributed by atoms with Crippen LogP contribution in [0.1, 0.15) is 46.0 Å². The first-order valence-electron chi connectivity index (χ1n) is 8.30. The van der Waals surface area contributed by atoms with Gasteiger partial charge in [-0.05, 0) is 38.0 Å². The Labute approximate surface area is 128 Å². The van der Waals surface area contributed by atoms with Crippen molar-refractivity contribution in [3.8, 4) is 0 Å². The maximum atomic E-state index is 12.5. The molecule has 2 fully saturated rings. The molecule has 1 aliphatic heterocycles. The van der Waals surface area contributed by atoms with Gasteiger partial charge in [0.15, 0.2) is 0 Å². The summed E-state index contributed by atoms with van der Waals surface area (Å²) in [6.45, 7) is 6.00. The first-order valence-corrected chi connectivity index (χ1v) is 8.30. The highest BCUT2D eigenvalue weighted by atomic mass is 16.5. The average molecular weight is 298 g/mol. The molecular weight excluding hydrogens is 268 g/mol. The lowest BCUT2D eigenvalue weighted by Crippen LogP contribution is -2.65. The van der Waals surface area contributed by atoms with Crippen LogP contribution in [0.2, 0.25) is 0 Å². The van der Waals surface area contributed by atoms with Gasteiger partial charge in [-0.15, -0.1) is 0 Å². The van der Waals surface area contributed by atoms with Crippen LogP contribution in [0.25, 0.3) is 0 Å². The lowest BCUT2D eigenvalue weighted by atomic mass is 9.58. The van der Waals surface area contributed by atoms with E-state index in [0.717, 1.165) is 38.6 Å². The van der Waals surface area contributed by atoms with E-state index in [1.165, 1.54) is 0 Å². The Balaban J connectivity index is 1.93. The van der Waals surface area contributed by atoms with Crippen LogP contribution in [-0.4, -0.2) is 55.0 Å². The highest BCUT2D eigenvalue weighted by Crippen LogP contribution is 2.48. The van der Waals surface area contributed by atoms with Gasteiger partial charge in [-0.25, -0.2) is 4.79 Å². The summed E-state index contributed by atoms with van der Waals surface area (Å²) >= 11 is 0. The normalized spacial score (nSPS) is 31.6. The number of amides is 2.